The van der Waals surface area contributed by atoms with Crippen LogP contribution in [-0.4, -0.2) is 11.8 Å². The van der Waals surface area contributed by atoms with E-state index in [1.54, 1.807) is 12.1 Å². The van der Waals surface area contributed by atoms with Crippen molar-refractivity contribution in [3.05, 3.63) is 88.0 Å². The topological polar surface area (TPSA) is 36.6 Å². The monoisotopic (exact) mass is 558 g/mol. The summed E-state index contributed by atoms with van der Waals surface area (Å²) in [4.78, 5) is 0. The van der Waals surface area contributed by atoms with Gasteiger partial charge in [0, 0.05) is 34.6 Å². The van der Waals surface area contributed by atoms with E-state index in [0.717, 1.165) is 61.1 Å². The molecule has 0 bridgehead atoms. The third-order valence-electron chi connectivity index (χ3n) is 8.85. The van der Waals surface area contributed by atoms with Gasteiger partial charge in [0.1, 0.15) is 17.6 Å². The molecule has 2 heterocycles. The van der Waals surface area contributed by atoms with Gasteiger partial charge in [-0.05, 0) is 60.1 Å². The molecule has 1 saturated heterocycles. The van der Waals surface area contributed by atoms with E-state index < -0.39 is 29.3 Å². The fourth-order valence-electron chi connectivity index (χ4n) is 7.11. The van der Waals surface area contributed by atoms with E-state index >= 15 is 4.39 Å². The van der Waals surface area contributed by atoms with Gasteiger partial charge in [0.15, 0.2) is 0 Å². The lowest BCUT2D eigenvalue weighted by Crippen LogP contribution is -2.49. The third kappa shape index (κ3) is 4.78. The Labute approximate surface area is 230 Å². The van der Waals surface area contributed by atoms with Crippen molar-refractivity contribution >= 4 is 0 Å². The average molecular weight is 559 g/mol. The second-order valence-corrected chi connectivity index (χ2v) is 12.5. The number of ether oxygens (including phenoxy) is 1. The highest BCUT2D eigenvalue weighted by atomic mass is 19.4. The minimum Gasteiger partial charge on any atom is -0.364 e. The largest absolute Gasteiger partial charge is 0.416 e. The van der Waals surface area contributed by atoms with Gasteiger partial charge in [0.2, 0.25) is 11.4 Å². The van der Waals surface area contributed by atoms with Crippen LogP contribution in [0.2, 0.25) is 0 Å². The minimum atomic E-state index is -4.51. The molecule has 40 heavy (non-hydrogen) atoms. The number of rotatable bonds is 5. The van der Waals surface area contributed by atoms with Crippen molar-refractivity contribution in [2.75, 3.05) is 6.61 Å². The number of nitrogens with zero attached hydrogens (tertiary/aromatic N) is 1. The van der Waals surface area contributed by atoms with E-state index in [4.69, 9.17) is 4.74 Å². The number of hydrogen-bond acceptors (Lipinski definition) is 2. The smallest absolute Gasteiger partial charge is 0.364 e. The van der Waals surface area contributed by atoms with Crippen LogP contribution in [0.1, 0.15) is 91.7 Å². The summed E-state index contributed by atoms with van der Waals surface area (Å²) in [7, 11) is 0. The molecule has 1 spiro atoms. The predicted molar refractivity (Wildman–Crippen MR) is 139 cm³/mol. The van der Waals surface area contributed by atoms with Crippen molar-refractivity contribution in [3.63, 3.8) is 0 Å². The van der Waals surface area contributed by atoms with Gasteiger partial charge in [0.05, 0.1) is 17.7 Å². The van der Waals surface area contributed by atoms with Crippen molar-refractivity contribution in [2.45, 2.75) is 82.7 Å². The number of alkyl halides is 4. The molecule has 8 heteroatoms. The van der Waals surface area contributed by atoms with Gasteiger partial charge in [-0.2, -0.15) is 13.2 Å². The Bertz CT molecular complexity index is 1420. The summed E-state index contributed by atoms with van der Waals surface area (Å²) in [5, 5.41) is 11.8. The summed E-state index contributed by atoms with van der Waals surface area (Å²) in [6.07, 6.45) is -1.28. The highest BCUT2D eigenvalue weighted by Gasteiger charge is 2.59. The zero-order valence-corrected chi connectivity index (χ0v) is 22.6. The molecule has 2 atom stereocenters. The summed E-state index contributed by atoms with van der Waals surface area (Å²) in [6, 6.07) is 10.3. The molecule has 3 aromatic rings. The first-order chi connectivity index (χ1) is 18.9. The molecule has 2 unspecified atom stereocenters. The summed E-state index contributed by atoms with van der Waals surface area (Å²) in [6.45, 7) is 4.75. The van der Waals surface area contributed by atoms with Crippen LogP contribution in [0.15, 0.2) is 48.5 Å². The van der Waals surface area contributed by atoms with Gasteiger partial charge in [0.25, 0.3) is 0 Å². The summed E-state index contributed by atoms with van der Waals surface area (Å²) in [5.41, 5.74) is 2.81. The number of pyridine rings is 1. The molecular weight excluding hydrogens is 525 g/mol. The van der Waals surface area contributed by atoms with E-state index in [2.05, 4.69) is 13.8 Å². The fourth-order valence-corrected chi connectivity index (χ4v) is 7.11. The van der Waals surface area contributed by atoms with Crippen molar-refractivity contribution in [3.8, 4) is 11.1 Å². The molecule has 2 aromatic carbocycles. The van der Waals surface area contributed by atoms with Gasteiger partial charge in [-0.25, -0.2) is 8.78 Å². The Morgan fingerprint density at radius 2 is 1.65 bits per heavy atom. The third-order valence-corrected chi connectivity index (χ3v) is 8.85. The number of aromatic nitrogens is 1. The summed E-state index contributed by atoms with van der Waals surface area (Å²) < 4.78 is 76.9. The highest BCUT2D eigenvalue weighted by Crippen LogP contribution is 2.57. The Morgan fingerprint density at radius 1 is 1.02 bits per heavy atom. The SMILES string of the molecule is CC1(C)Cc2c(c(-c3ccc(F)cc3)c(CC(F)c3ccc(C(F)(F)F)cc3)c(C3CCCC3)[n+]2O)C2(CO2)C1. The van der Waals surface area contributed by atoms with Gasteiger partial charge in [-0.1, -0.05) is 51.0 Å². The highest BCUT2D eigenvalue weighted by molar-refractivity contribution is 5.74. The molecule has 0 radical (unpaired) electrons. The van der Waals surface area contributed by atoms with Crippen LogP contribution in [-0.2, 0) is 29.4 Å². The van der Waals surface area contributed by atoms with Gasteiger partial charge >= 0.3 is 6.18 Å². The predicted octanol–water partition coefficient (Wildman–Crippen LogP) is 8.15. The van der Waals surface area contributed by atoms with Gasteiger partial charge in [-0.15, -0.1) is 0 Å². The first kappa shape index (κ1) is 27.2. The molecule has 2 aliphatic carbocycles. The van der Waals surface area contributed by atoms with E-state index in [0.29, 0.717) is 29.8 Å². The van der Waals surface area contributed by atoms with Crippen LogP contribution < -0.4 is 4.73 Å². The van der Waals surface area contributed by atoms with Crippen LogP contribution in [0.3, 0.4) is 0 Å². The number of benzene rings is 2. The first-order valence-corrected chi connectivity index (χ1v) is 13.9. The van der Waals surface area contributed by atoms with Crippen LogP contribution >= 0.6 is 0 Å². The Kier molecular flexibility index (Phi) is 6.48. The van der Waals surface area contributed by atoms with Crippen LogP contribution in [0.25, 0.3) is 11.1 Å². The lowest BCUT2D eigenvalue weighted by molar-refractivity contribution is -0.916. The lowest BCUT2D eigenvalue weighted by Gasteiger charge is -2.35. The van der Waals surface area contributed by atoms with E-state index in [9.17, 15) is 22.8 Å². The maximum absolute atomic E-state index is 16.1. The minimum absolute atomic E-state index is 0.00501. The maximum Gasteiger partial charge on any atom is 0.416 e. The molecule has 1 aromatic heterocycles. The number of fused-ring (bicyclic) bond motifs is 2. The summed E-state index contributed by atoms with van der Waals surface area (Å²) >= 11 is 0. The van der Waals surface area contributed by atoms with Gasteiger partial charge in [-0.3, -0.25) is 5.21 Å². The van der Waals surface area contributed by atoms with Gasteiger partial charge < -0.3 is 4.74 Å². The zero-order valence-electron chi connectivity index (χ0n) is 22.6. The van der Waals surface area contributed by atoms with Crippen LogP contribution in [0, 0.1) is 11.2 Å². The molecule has 6 rings (SSSR count). The maximum atomic E-state index is 16.1. The van der Waals surface area contributed by atoms with Crippen molar-refractivity contribution in [1.29, 1.82) is 0 Å². The average Bonchev–Trinajstić information content (AvgIpc) is 3.42. The number of halogens is 5. The molecule has 3 nitrogen and oxygen atoms in total. The number of epoxide rings is 1. The molecule has 0 amide bonds. The fraction of sp³-hybridized carbons (Fsp3) is 0.469. The Morgan fingerprint density at radius 3 is 2.23 bits per heavy atom. The Hall–Kier alpha value is -3.00. The molecule has 1 N–H and O–H groups in total. The molecule has 1 aliphatic heterocycles. The lowest BCUT2D eigenvalue weighted by atomic mass is 9.67. The van der Waals surface area contributed by atoms with E-state index in [1.807, 2.05) is 0 Å². The molecule has 2 fully saturated rings. The summed E-state index contributed by atoms with van der Waals surface area (Å²) in [5.74, 6) is -0.389. The second kappa shape index (κ2) is 9.54. The van der Waals surface area contributed by atoms with Crippen LogP contribution in [0.4, 0.5) is 22.0 Å². The molecule has 3 aliphatic rings. The van der Waals surface area contributed by atoms with E-state index in [1.165, 1.54) is 29.0 Å². The molecular formula is C32H33F5NO2+. The molecule has 212 valence electrons. The Balaban J connectivity index is 1.57. The standard InChI is InChI=1S/C32H33F5NO2/c1-30(2)16-26-28(31(17-30)18-40-31)27(20-9-13-23(33)14-10-20)24(29(38(26)39)21-5-3-4-6-21)15-25(34)19-7-11-22(12-8-19)32(35,36)37/h7-14,21,25,39H,3-6,15-18H2,1-2H3/q+1. The van der Waals surface area contributed by atoms with Crippen molar-refractivity contribution < 1.29 is 36.6 Å². The zero-order chi connectivity index (χ0) is 28.4. The van der Waals surface area contributed by atoms with E-state index in [-0.39, 0.29) is 23.3 Å². The van der Waals surface area contributed by atoms with Crippen molar-refractivity contribution in [2.24, 2.45) is 5.41 Å². The van der Waals surface area contributed by atoms with Crippen molar-refractivity contribution in [1.82, 2.24) is 0 Å². The first-order valence-electron chi connectivity index (χ1n) is 13.9. The quantitative estimate of drug-likeness (QED) is 0.149. The normalized spacial score (nSPS) is 22.9. The number of hydrogen-bond donors (Lipinski definition) is 1. The molecule has 1 saturated carbocycles. The second-order valence-electron chi connectivity index (χ2n) is 12.5. The van der Waals surface area contributed by atoms with Crippen LogP contribution in [0.5, 0.6) is 0 Å².